The van der Waals surface area contributed by atoms with Crippen molar-refractivity contribution in [2.75, 3.05) is 32.1 Å². The molecule has 2 aromatic rings. The van der Waals surface area contributed by atoms with Gasteiger partial charge in [-0.05, 0) is 43.2 Å². The molecule has 0 bridgehead atoms. The summed E-state index contributed by atoms with van der Waals surface area (Å²) in [4.78, 5) is 26.1. The van der Waals surface area contributed by atoms with Crippen molar-refractivity contribution in [2.24, 2.45) is 0 Å². The highest BCUT2D eigenvalue weighted by atomic mass is 35.5. The van der Waals surface area contributed by atoms with Crippen LogP contribution in [0.4, 0.5) is 10.1 Å². The minimum absolute atomic E-state index is 0.0262. The molecule has 8 heteroatoms. The van der Waals surface area contributed by atoms with Gasteiger partial charge in [-0.25, -0.2) is 9.18 Å². The van der Waals surface area contributed by atoms with E-state index in [-0.39, 0.29) is 29.5 Å². The van der Waals surface area contributed by atoms with Crippen LogP contribution in [-0.4, -0.2) is 48.1 Å². The molecule has 1 aliphatic rings. The molecule has 0 spiro atoms. The minimum atomic E-state index is -0.520. The Morgan fingerprint density at radius 2 is 2.04 bits per heavy atom. The van der Waals surface area contributed by atoms with Crippen LogP contribution >= 0.6 is 11.6 Å². The number of likely N-dealkylation sites (tertiary alicyclic amines) is 1. The zero-order chi connectivity index (χ0) is 19.4. The third kappa shape index (κ3) is 4.67. The smallest absolute Gasteiger partial charge is 0.354 e. The van der Waals surface area contributed by atoms with Gasteiger partial charge in [0.25, 0.3) is 0 Å². The number of carbonyl (C=O) groups is 2. The SMILES string of the molecule is COC(=O)c1cccn1C1CCN(CC(=O)Nc2ccc(F)c(Cl)c2)CC1. The molecule has 1 aliphatic heterocycles. The van der Waals surface area contributed by atoms with E-state index in [0.29, 0.717) is 11.4 Å². The molecule has 27 heavy (non-hydrogen) atoms. The highest BCUT2D eigenvalue weighted by molar-refractivity contribution is 6.31. The largest absolute Gasteiger partial charge is 0.464 e. The first-order valence-electron chi connectivity index (χ1n) is 8.70. The fourth-order valence-electron chi connectivity index (χ4n) is 3.32. The number of halogens is 2. The summed E-state index contributed by atoms with van der Waals surface area (Å²) in [5.74, 6) is -1.04. The number of amides is 1. The molecule has 1 amide bonds. The summed E-state index contributed by atoms with van der Waals surface area (Å²) < 4.78 is 19.9. The first kappa shape index (κ1) is 19.4. The van der Waals surface area contributed by atoms with Gasteiger partial charge in [0.1, 0.15) is 11.5 Å². The molecule has 0 radical (unpaired) electrons. The van der Waals surface area contributed by atoms with Gasteiger partial charge in [-0.15, -0.1) is 0 Å². The maximum absolute atomic E-state index is 13.2. The van der Waals surface area contributed by atoms with Crippen LogP contribution in [0, 0.1) is 5.82 Å². The predicted octanol–water partition coefficient (Wildman–Crippen LogP) is 3.34. The molecule has 144 valence electrons. The van der Waals surface area contributed by atoms with Crippen molar-refractivity contribution >= 4 is 29.2 Å². The molecular weight excluding hydrogens is 373 g/mol. The molecule has 1 aromatic heterocycles. The lowest BCUT2D eigenvalue weighted by Crippen LogP contribution is -2.40. The van der Waals surface area contributed by atoms with Crippen LogP contribution in [0.3, 0.4) is 0 Å². The lowest BCUT2D eigenvalue weighted by atomic mass is 10.0. The van der Waals surface area contributed by atoms with Crippen molar-refractivity contribution in [3.8, 4) is 0 Å². The van der Waals surface area contributed by atoms with Crippen molar-refractivity contribution in [3.63, 3.8) is 0 Å². The summed E-state index contributed by atoms with van der Waals surface area (Å²) >= 11 is 5.73. The van der Waals surface area contributed by atoms with Crippen LogP contribution in [0.1, 0.15) is 29.4 Å². The first-order chi connectivity index (χ1) is 13.0. The van der Waals surface area contributed by atoms with E-state index in [1.165, 1.54) is 25.3 Å². The number of nitrogens with one attached hydrogen (secondary N) is 1. The fourth-order valence-corrected chi connectivity index (χ4v) is 3.50. The second-order valence-electron chi connectivity index (χ2n) is 6.48. The third-order valence-electron chi connectivity index (χ3n) is 4.69. The van der Waals surface area contributed by atoms with Gasteiger partial charge in [-0.1, -0.05) is 11.6 Å². The van der Waals surface area contributed by atoms with Gasteiger partial charge in [-0.3, -0.25) is 9.69 Å². The summed E-state index contributed by atoms with van der Waals surface area (Å²) in [7, 11) is 1.37. The maximum atomic E-state index is 13.2. The zero-order valence-electron chi connectivity index (χ0n) is 15.0. The minimum Gasteiger partial charge on any atom is -0.464 e. The van der Waals surface area contributed by atoms with Crippen LogP contribution < -0.4 is 5.32 Å². The van der Waals surface area contributed by atoms with E-state index in [9.17, 15) is 14.0 Å². The Balaban J connectivity index is 1.52. The van der Waals surface area contributed by atoms with Gasteiger partial charge in [0, 0.05) is 31.0 Å². The van der Waals surface area contributed by atoms with Crippen LogP contribution in [0.15, 0.2) is 36.5 Å². The van der Waals surface area contributed by atoms with Gasteiger partial charge in [0.15, 0.2) is 0 Å². The Morgan fingerprint density at radius 3 is 2.70 bits per heavy atom. The second kappa shape index (κ2) is 8.54. The number of anilines is 1. The number of rotatable bonds is 5. The predicted molar refractivity (Wildman–Crippen MR) is 101 cm³/mol. The number of aromatic nitrogens is 1. The summed E-state index contributed by atoms with van der Waals surface area (Å²) in [6.07, 6.45) is 3.54. The Bertz CT molecular complexity index is 831. The average molecular weight is 394 g/mol. The van der Waals surface area contributed by atoms with Crippen molar-refractivity contribution in [1.29, 1.82) is 0 Å². The number of benzene rings is 1. The summed E-state index contributed by atoms with van der Waals surface area (Å²) in [5, 5.41) is 2.70. The topological polar surface area (TPSA) is 63.6 Å². The molecule has 0 saturated carbocycles. The van der Waals surface area contributed by atoms with Crippen LogP contribution in [-0.2, 0) is 9.53 Å². The molecule has 1 saturated heterocycles. The highest BCUT2D eigenvalue weighted by Crippen LogP contribution is 2.25. The van der Waals surface area contributed by atoms with E-state index in [2.05, 4.69) is 10.2 Å². The molecule has 0 unspecified atom stereocenters. The van der Waals surface area contributed by atoms with Gasteiger partial charge in [0.2, 0.25) is 5.91 Å². The summed E-state index contributed by atoms with van der Waals surface area (Å²) in [6, 6.07) is 7.87. The number of hydrogen-bond acceptors (Lipinski definition) is 4. The van der Waals surface area contributed by atoms with E-state index in [1.807, 2.05) is 16.8 Å². The van der Waals surface area contributed by atoms with Crippen molar-refractivity contribution in [1.82, 2.24) is 9.47 Å². The molecule has 1 N–H and O–H groups in total. The van der Waals surface area contributed by atoms with E-state index in [1.54, 1.807) is 6.07 Å². The third-order valence-corrected chi connectivity index (χ3v) is 4.98. The van der Waals surface area contributed by atoms with Crippen LogP contribution in [0.2, 0.25) is 5.02 Å². The quantitative estimate of drug-likeness (QED) is 0.791. The van der Waals surface area contributed by atoms with Crippen molar-refractivity contribution in [2.45, 2.75) is 18.9 Å². The van der Waals surface area contributed by atoms with Gasteiger partial charge in [-0.2, -0.15) is 0 Å². The number of methoxy groups -OCH3 is 1. The first-order valence-corrected chi connectivity index (χ1v) is 9.08. The van der Waals surface area contributed by atoms with Gasteiger partial charge < -0.3 is 14.6 Å². The Labute approximate surface area is 161 Å². The molecule has 0 atom stereocenters. The van der Waals surface area contributed by atoms with Crippen LogP contribution in [0.25, 0.3) is 0 Å². The van der Waals surface area contributed by atoms with E-state index in [0.717, 1.165) is 25.9 Å². The second-order valence-corrected chi connectivity index (χ2v) is 6.88. The monoisotopic (exact) mass is 393 g/mol. The molecule has 0 aliphatic carbocycles. The van der Waals surface area contributed by atoms with Crippen molar-refractivity contribution < 1.29 is 18.7 Å². The van der Waals surface area contributed by atoms with Crippen LogP contribution in [0.5, 0.6) is 0 Å². The normalized spacial score (nSPS) is 15.5. The fraction of sp³-hybridized carbons (Fsp3) is 0.368. The van der Waals surface area contributed by atoms with Gasteiger partial charge >= 0.3 is 5.97 Å². The number of ether oxygens (including phenoxy) is 1. The standard InChI is InChI=1S/C19H21ClFN3O3/c1-27-19(26)17-3-2-8-24(17)14-6-9-23(10-7-14)12-18(25)22-13-4-5-16(21)15(20)11-13/h2-5,8,11,14H,6-7,9-10,12H2,1H3,(H,22,25). The van der Waals surface area contributed by atoms with E-state index >= 15 is 0 Å². The average Bonchev–Trinajstić information content (AvgIpc) is 3.14. The lowest BCUT2D eigenvalue weighted by Gasteiger charge is -2.32. The number of piperidine rings is 1. The Kier molecular flexibility index (Phi) is 6.13. The molecule has 1 fully saturated rings. The molecule has 3 rings (SSSR count). The zero-order valence-corrected chi connectivity index (χ0v) is 15.7. The molecule has 1 aromatic carbocycles. The van der Waals surface area contributed by atoms with Gasteiger partial charge in [0.05, 0.1) is 18.7 Å². The summed E-state index contributed by atoms with van der Waals surface area (Å²) in [6.45, 7) is 1.72. The lowest BCUT2D eigenvalue weighted by molar-refractivity contribution is -0.117. The molecular formula is C19H21ClFN3O3. The number of nitrogens with zero attached hydrogens (tertiary/aromatic N) is 2. The highest BCUT2D eigenvalue weighted by Gasteiger charge is 2.24. The summed E-state index contributed by atoms with van der Waals surface area (Å²) in [5.41, 5.74) is 1.01. The number of esters is 1. The van der Waals surface area contributed by atoms with E-state index in [4.69, 9.17) is 16.3 Å². The maximum Gasteiger partial charge on any atom is 0.354 e. The van der Waals surface area contributed by atoms with E-state index < -0.39 is 5.82 Å². The number of carbonyl (C=O) groups excluding carboxylic acids is 2. The Morgan fingerprint density at radius 1 is 1.30 bits per heavy atom. The number of hydrogen-bond donors (Lipinski definition) is 1. The van der Waals surface area contributed by atoms with Crippen molar-refractivity contribution in [3.05, 3.63) is 53.1 Å². The molecule has 6 nitrogen and oxygen atoms in total. The Hall–Kier alpha value is -2.38. The molecule has 2 heterocycles.